The van der Waals surface area contributed by atoms with Crippen LogP contribution in [0.25, 0.3) is 0 Å². The first-order valence-corrected chi connectivity index (χ1v) is 7.61. The first kappa shape index (κ1) is 15.1. The highest BCUT2D eigenvalue weighted by atomic mass is 32.2. The Kier molecular flexibility index (Phi) is 6.29. The van der Waals surface area contributed by atoms with Crippen molar-refractivity contribution < 1.29 is 13.3 Å². The van der Waals surface area contributed by atoms with E-state index in [0.29, 0.717) is 23.6 Å². The summed E-state index contributed by atoms with van der Waals surface area (Å²) in [7, 11) is 0.740. The summed E-state index contributed by atoms with van der Waals surface area (Å²) in [6.07, 6.45) is 2.51. The van der Waals surface area contributed by atoms with Crippen molar-refractivity contribution in [3.8, 4) is 5.75 Å². The van der Waals surface area contributed by atoms with Crippen molar-refractivity contribution in [3.63, 3.8) is 0 Å². The lowest BCUT2D eigenvalue weighted by atomic mass is 10.2. The highest BCUT2D eigenvalue weighted by Crippen LogP contribution is 2.16. The van der Waals surface area contributed by atoms with Crippen LogP contribution in [0.15, 0.2) is 18.2 Å². The lowest BCUT2D eigenvalue weighted by Gasteiger charge is -2.13. The largest absolute Gasteiger partial charge is 0.497 e. The maximum atomic E-state index is 13.6. The third kappa shape index (κ3) is 5.14. The van der Waals surface area contributed by atoms with E-state index in [4.69, 9.17) is 4.74 Å². The average molecular weight is 273 g/mol. The summed E-state index contributed by atoms with van der Waals surface area (Å²) in [6, 6.07) is 5.05. The van der Waals surface area contributed by atoms with Gasteiger partial charge in [0.15, 0.2) is 0 Å². The van der Waals surface area contributed by atoms with E-state index in [1.165, 1.54) is 13.2 Å². The number of hydrogen-bond donors (Lipinski definition) is 1. The minimum Gasteiger partial charge on any atom is -0.497 e. The van der Waals surface area contributed by atoms with Gasteiger partial charge in [0.05, 0.1) is 7.11 Å². The van der Waals surface area contributed by atoms with Crippen LogP contribution < -0.4 is 10.1 Å². The lowest BCUT2D eigenvalue weighted by Crippen LogP contribution is -2.27. The monoisotopic (exact) mass is 273 g/mol. The zero-order chi connectivity index (χ0) is 13.5. The predicted molar refractivity (Wildman–Crippen MR) is 72.8 cm³/mol. The predicted octanol–water partition coefficient (Wildman–Crippen LogP) is 2.08. The Labute approximate surface area is 110 Å². The van der Waals surface area contributed by atoms with Crippen LogP contribution in [-0.4, -0.2) is 29.4 Å². The Hall–Kier alpha value is -0.940. The summed E-state index contributed by atoms with van der Waals surface area (Å²) in [5.41, 5.74) is 0.611. The Bertz CT molecular complexity index is 412. The van der Waals surface area contributed by atoms with Gasteiger partial charge in [0.1, 0.15) is 11.6 Å². The molecule has 0 radical (unpaired) electrons. The Morgan fingerprint density at radius 3 is 2.78 bits per heavy atom. The van der Waals surface area contributed by atoms with E-state index >= 15 is 0 Å². The Balaban J connectivity index is 2.45. The maximum Gasteiger partial charge on any atom is 0.131 e. The zero-order valence-corrected chi connectivity index (χ0v) is 11.8. The second-order valence-corrected chi connectivity index (χ2v) is 5.86. The van der Waals surface area contributed by atoms with Crippen LogP contribution in [0, 0.1) is 5.82 Å². The number of ether oxygens (including phenoxy) is 1. The van der Waals surface area contributed by atoms with E-state index in [0.717, 1.165) is 6.42 Å². The highest BCUT2D eigenvalue weighted by Gasteiger charge is 2.07. The molecule has 1 aromatic rings. The topological polar surface area (TPSA) is 38.3 Å². The summed E-state index contributed by atoms with van der Waals surface area (Å²) in [4.78, 5) is 0. The molecule has 0 saturated carbocycles. The van der Waals surface area contributed by atoms with Gasteiger partial charge >= 0.3 is 0 Å². The summed E-state index contributed by atoms with van der Waals surface area (Å²) < 4.78 is 29.5. The van der Waals surface area contributed by atoms with Gasteiger partial charge in [-0.2, -0.15) is 0 Å². The number of benzene rings is 1. The molecule has 0 fully saturated rings. The van der Waals surface area contributed by atoms with Crippen molar-refractivity contribution in [2.75, 3.05) is 19.1 Å². The molecule has 0 heterocycles. The molecule has 0 amide bonds. The van der Waals surface area contributed by atoms with Crippen LogP contribution >= 0.6 is 0 Å². The van der Waals surface area contributed by atoms with Gasteiger partial charge in [0.25, 0.3) is 0 Å². The van der Waals surface area contributed by atoms with Crippen LogP contribution in [0.5, 0.6) is 5.75 Å². The smallest absolute Gasteiger partial charge is 0.131 e. The molecule has 1 aromatic carbocycles. The molecule has 18 heavy (non-hydrogen) atoms. The molecule has 2 atom stereocenters. The molecule has 3 nitrogen and oxygen atoms in total. The summed E-state index contributed by atoms with van der Waals surface area (Å²) in [5.74, 6) is 0.915. The minimum absolute atomic E-state index is 0.218. The van der Waals surface area contributed by atoms with Crippen molar-refractivity contribution in [1.82, 2.24) is 5.32 Å². The van der Waals surface area contributed by atoms with Crippen molar-refractivity contribution in [2.24, 2.45) is 0 Å². The molecular formula is C13H20FNO2S. The van der Waals surface area contributed by atoms with Gasteiger partial charge in [0.2, 0.25) is 0 Å². The molecular weight excluding hydrogens is 253 g/mol. The second-order valence-electron chi connectivity index (χ2n) is 4.31. The number of methoxy groups -OCH3 is 1. The molecule has 0 bridgehead atoms. The normalized spacial score (nSPS) is 14.2. The maximum absolute atomic E-state index is 13.6. The van der Waals surface area contributed by atoms with Gasteiger partial charge in [-0.15, -0.1) is 0 Å². The van der Waals surface area contributed by atoms with Crippen LogP contribution in [0.4, 0.5) is 4.39 Å². The molecule has 0 aliphatic heterocycles. The summed E-state index contributed by atoms with van der Waals surface area (Å²) >= 11 is 0. The zero-order valence-electron chi connectivity index (χ0n) is 11.0. The first-order chi connectivity index (χ1) is 8.52. The van der Waals surface area contributed by atoms with E-state index in [1.54, 1.807) is 18.4 Å². The number of hydrogen-bond acceptors (Lipinski definition) is 3. The number of halogens is 1. The molecule has 2 unspecified atom stereocenters. The quantitative estimate of drug-likeness (QED) is 0.826. The van der Waals surface area contributed by atoms with Crippen LogP contribution in [0.2, 0.25) is 0 Å². The first-order valence-electron chi connectivity index (χ1n) is 5.88. The fraction of sp³-hybridized carbons (Fsp3) is 0.538. The molecule has 0 spiro atoms. The van der Waals surface area contributed by atoms with E-state index in [-0.39, 0.29) is 11.9 Å². The Morgan fingerprint density at radius 1 is 1.50 bits per heavy atom. The van der Waals surface area contributed by atoms with Gasteiger partial charge in [-0.25, -0.2) is 4.39 Å². The van der Waals surface area contributed by atoms with Crippen molar-refractivity contribution in [3.05, 3.63) is 29.6 Å². The molecule has 0 aliphatic carbocycles. The standard InChI is InChI=1S/C13H20FNO2S/c1-10(6-7-18(3)16)15-9-11-4-5-12(17-2)8-13(11)14/h4-5,8,10,15H,6-7,9H2,1-3H3. The fourth-order valence-electron chi connectivity index (χ4n) is 1.53. The number of nitrogens with one attached hydrogen (secondary N) is 1. The highest BCUT2D eigenvalue weighted by molar-refractivity contribution is 7.84. The fourth-order valence-corrected chi connectivity index (χ4v) is 2.21. The third-order valence-corrected chi connectivity index (χ3v) is 3.55. The number of rotatable bonds is 7. The van der Waals surface area contributed by atoms with Crippen molar-refractivity contribution in [2.45, 2.75) is 25.9 Å². The third-order valence-electron chi connectivity index (χ3n) is 2.74. The summed E-state index contributed by atoms with van der Waals surface area (Å²) in [6.45, 7) is 2.47. The lowest BCUT2D eigenvalue weighted by molar-refractivity contribution is 0.410. The summed E-state index contributed by atoms with van der Waals surface area (Å²) in [5, 5.41) is 3.22. The molecule has 1 N–H and O–H groups in total. The Morgan fingerprint density at radius 2 is 2.22 bits per heavy atom. The van der Waals surface area contributed by atoms with Crippen molar-refractivity contribution >= 4 is 10.8 Å². The van der Waals surface area contributed by atoms with E-state index in [9.17, 15) is 8.60 Å². The molecule has 1 rings (SSSR count). The molecule has 0 aliphatic rings. The molecule has 5 heteroatoms. The van der Waals surface area contributed by atoms with Gasteiger partial charge in [0, 0.05) is 47.0 Å². The second kappa shape index (κ2) is 7.48. The van der Waals surface area contributed by atoms with Gasteiger partial charge in [-0.3, -0.25) is 4.21 Å². The average Bonchev–Trinajstić information content (AvgIpc) is 2.34. The molecule has 0 aromatic heterocycles. The van der Waals surface area contributed by atoms with Gasteiger partial charge in [-0.05, 0) is 19.4 Å². The molecule has 0 saturated heterocycles. The van der Waals surface area contributed by atoms with Crippen LogP contribution in [0.1, 0.15) is 18.9 Å². The van der Waals surface area contributed by atoms with Gasteiger partial charge < -0.3 is 10.1 Å². The van der Waals surface area contributed by atoms with E-state index in [1.807, 2.05) is 6.92 Å². The van der Waals surface area contributed by atoms with Crippen LogP contribution in [-0.2, 0) is 17.3 Å². The van der Waals surface area contributed by atoms with Crippen LogP contribution in [0.3, 0.4) is 0 Å². The van der Waals surface area contributed by atoms with E-state index < -0.39 is 10.8 Å². The van der Waals surface area contributed by atoms with Gasteiger partial charge in [-0.1, -0.05) is 6.07 Å². The van der Waals surface area contributed by atoms with E-state index in [2.05, 4.69) is 5.32 Å². The molecule has 102 valence electrons. The minimum atomic E-state index is -0.774. The van der Waals surface area contributed by atoms with Crippen molar-refractivity contribution in [1.29, 1.82) is 0 Å². The SMILES string of the molecule is COc1ccc(CNC(C)CCS(C)=O)c(F)c1.